The third kappa shape index (κ3) is 5.54. The summed E-state index contributed by atoms with van der Waals surface area (Å²) in [5, 5.41) is 11.9. The predicted molar refractivity (Wildman–Crippen MR) is 72.5 cm³/mol. The monoisotopic (exact) mass is 267 g/mol. The molecule has 6 heteroatoms. The molecule has 0 bridgehead atoms. The number of carboxylic acid groups (broad SMARTS) is 1. The lowest BCUT2D eigenvalue weighted by atomic mass is 10.1. The Bertz CT molecular complexity index is 424. The van der Waals surface area contributed by atoms with Crippen molar-refractivity contribution in [2.75, 3.05) is 18.5 Å². The first-order chi connectivity index (χ1) is 9.02. The Kier molecular flexibility index (Phi) is 6.05. The van der Waals surface area contributed by atoms with Crippen LogP contribution in [0.3, 0.4) is 0 Å². The molecule has 1 atom stereocenters. The molecular weight excluding hydrogens is 246 g/mol. The summed E-state index contributed by atoms with van der Waals surface area (Å²) >= 11 is 0. The van der Waals surface area contributed by atoms with Crippen LogP contribution in [0.25, 0.3) is 0 Å². The number of hydrogen-bond donors (Lipinski definition) is 2. The van der Waals surface area contributed by atoms with Gasteiger partial charge >= 0.3 is 5.97 Å². The molecule has 1 aromatic heterocycles. The second-order valence-corrected chi connectivity index (χ2v) is 4.38. The molecule has 0 radical (unpaired) electrons. The lowest BCUT2D eigenvalue weighted by Crippen LogP contribution is -2.12. The topological polar surface area (TPSA) is 84.3 Å². The average molecular weight is 267 g/mol. The summed E-state index contributed by atoms with van der Waals surface area (Å²) in [6.07, 6.45) is 1.42. The maximum absolute atomic E-state index is 10.7. The Morgan fingerprint density at radius 2 is 2.26 bits per heavy atom. The first kappa shape index (κ1) is 15.2. The molecule has 0 saturated heterocycles. The summed E-state index contributed by atoms with van der Waals surface area (Å²) < 4.78 is 5.33. The van der Waals surface area contributed by atoms with Gasteiger partial charge in [0.05, 0.1) is 12.5 Å². The van der Waals surface area contributed by atoms with Gasteiger partial charge in [0.15, 0.2) is 0 Å². The van der Waals surface area contributed by atoms with E-state index in [2.05, 4.69) is 15.3 Å². The normalized spacial score (nSPS) is 11.9. The highest BCUT2D eigenvalue weighted by Crippen LogP contribution is 2.13. The Morgan fingerprint density at radius 3 is 2.89 bits per heavy atom. The van der Waals surface area contributed by atoms with Gasteiger partial charge < -0.3 is 15.2 Å². The molecule has 1 aromatic rings. The van der Waals surface area contributed by atoms with Gasteiger partial charge in [0, 0.05) is 12.6 Å². The molecule has 0 aliphatic carbocycles. The average Bonchev–Trinajstić information content (AvgIpc) is 2.34. The van der Waals surface area contributed by atoms with Crippen molar-refractivity contribution >= 4 is 11.8 Å². The van der Waals surface area contributed by atoms with Crippen LogP contribution >= 0.6 is 0 Å². The van der Waals surface area contributed by atoms with Crippen LogP contribution in [-0.4, -0.2) is 34.2 Å². The molecule has 0 aliphatic heterocycles. The second kappa shape index (κ2) is 7.56. The van der Waals surface area contributed by atoms with E-state index in [9.17, 15) is 4.79 Å². The van der Waals surface area contributed by atoms with E-state index < -0.39 is 5.97 Å². The van der Waals surface area contributed by atoms with Gasteiger partial charge in [-0.1, -0.05) is 6.92 Å². The molecule has 0 fully saturated rings. The van der Waals surface area contributed by atoms with E-state index in [-0.39, 0.29) is 5.92 Å². The first-order valence-electron chi connectivity index (χ1n) is 6.48. The van der Waals surface area contributed by atoms with Crippen molar-refractivity contribution in [2.45, 2.75) is 33.6 Å². The standard InChI is InChI=1S/C13H21N3O3/c1-4-19-12-8-11(15-10(3)16-12)14-7-5-6-9(2)13(17)18/h8-9H,4-7H2,1-3H3,(H,17,18)(H,14,15,16). The van der Waals surface area contributed by atoms with Gasteiger partial charge in [-0.25, -0.2) is 4.98 Å². The highest BCUT2D eigenvalue weighted by Gasteiger charge is 2.09. The van der Waals surface area contributed by atoms with E-state index in [0.29, 0.717) is 37.1 Å². The number of aliphatic carboxylic acids is 1. The molecule has 0 amide bonds. The molecule has 106 valence electrons. The Labute approximate surface area is 113 Å². The lowest BCUT2D eigenvalue weighted by Gasteiger charge is -2.09. The molecule has 1 heterocycles. The summed E-state index contributed by atoms with van der Waals surface area (Å²) in [5.74, 6) is 0.840. The van der Waals surface area contributed by atoms with Crippen molar-refractivity contribution in [3.63, 3.8) is 0 Å². The second-order valence-electron chi connectivity index (χ2n) is 4.38. The van der Waals surface area contributed by atoms with Crippen LogP contribution in [0.4, 0.5) is 5.82 Å². The van der Waals surface area contributed by atoms with Gasteiger partial charge in [0.25, 0.3) is 0 Å². The fourth-order valence-corrected chi connectivity index (χ4v) is 1.60. The van der Waals surface area contributed by atoms with Gasteiger partial charge in [-0.15, -0.1) is 0 Å². The van der Waals surface area contributed by atoms with Gasteiger partial charge in [-0.3, -0.25) is 4.79 Å². The molecular formula is C13H21N3O3. The van der Waals surface area contributed by atoms with Crippen LogP contribution in [0.15, 0.2) is 6.07 Å². The van der Waals surface area contributed by atoms with Crippen LogP contribution in [0, 0.1) is 12.8 Å². The van der Waals surface area contributed by atoms with Crippen molar-refractivity contribution in [2.24, 2.45) is 5.92 Å². The van der Waals surface area contributed by atoms with Crippen molar-refractivity contribution < 1.29 is 14.6 Å². The Morgan fingerprint density at radius 1 is 1.53 bits per heavy atom. The number of rotatable bonds is 8. The van der Waals surface area contributed by atoms with E-state index in [1.54, 1.807) is 19.9 Å². The number of anilines is 1. The fourth-order valence-electron chi connectivity index (χ4n) is 1.60. The number of ether oxygens (including phenoxy) is 1. The minimum Gasteiger partial charge on any atom is -0.481 e. The van der Waals surface area contributed by atoms with Crippen LogP contribution in [0.2, 0.25) is 0 Å². The highest BCUT2D eigenvalue weighted by atomic mass is 16.5. The van der Waals surface area contributed by atoms with Crippen molar-refractivity contribution in [1.82, 2.24) is 9.97 Å². The largest absolute Gasteiger partial charge is 0.481 e. The molecule has 0 saturated carbocycles. The number of nitrogens with zero attached hydrogens (tertiary/aromatic N) is 2. The summed E-state index contributed by atoms with van der Waals surface area (Å²) in [6, 6.07) is 1.75. The third-order valence-corrected chi connectivity index (χ3v) is 2.65. The van der Waals surface area contributed by atoms with Gasteiger partial charge in [-0.2, -0.15) is 4.98 Å². The number of carboxylic acids is 1. The summed E-state index contributed by atoms with van der Waals surface area (Å²) in [7, 11) is 0. The number of hydrogen-bond acceptors (Lipinski definition) is 5. The molecule has 0 aliphatic rings. The molecule has 0 aromatic carbocycles. The van der Waals surface area contributed by atoms with Crippen LogP contribution in [0.1, 0.15) is 32.5 Å². The van der Waals surface area contributed by atoms with Crippen LogP contribution in [0.5, 0.6) is 5.88 Å². The molecule has 0 spiro atoms. The van der Waals surface area contributed by atoms with Crippen molar-refractivity contribution in [3.8, 4) is 5.88 Å². The molecule has 1 rings (SSSR count). The minimum absolute atomic E-state index is 0.312. The molecule has 6 nitrogen and oxygen atoms in total. The van der Waals surface area contributed by atoms with Gasteiger partial charge in [0.2, 0.25) is 5.88 Å². The first-order valence-corrected chi connectivity index (χ1v) is 6.48. The zero-order valence-electron chi connectivity index (χ0n) is 11.6. The highest BCUT2D eigenvalue weighted by molar-refractivity contribution is 5.69. The maximum Gasteiger partial charge on any atom is 0.306 e. The smallest absolute Gasteiger partial charge is 0.306 e. The predicted octanol–water partition coefficient (Wildman–Crippen LogP) is 2.10. The van der Waals surface area contributed by atoms with E-state index in [1.807, 2.05) is 6.92 Å². The third-order valence-electron chi connectivity index (χ3n) is 2.65. The lowest BCUT2D eigenvalue weighted by molar-refractivity contribution is -0.141. The van der Waals surface area contributed by atoms with Gasteiger partial charge in [0.1, 0.15) is 11.6 Å². The number of aromatic nitrogens is 2. The number of aryl methyl sites for hydroxylation is 1. The fraction of sp³-hybridized carbons (Fsp3) is 0.615. The zero-order valence-corrected chi connectivity index (χ0v) is 11.6. The summed E-state index contributed by atoms with van der Waals surface area (Å²) in [5.41, 5.74) is 0. The minimum atomic E-state index is -0.753. The zero-order chi connectivity index (χ0) is 14.3. The number of nitrogens with one attached hydrogen (secondary N) is 1. The summed E-state index contributed by atoms with van der Waals surface area (Å²) in [6.45, 7) is 6.66. The SMILES string of the molecule is CCOc1cc(NCCCC(C)C(=O)O)nc(C)n1. The summed E-state index contributed by atoms with van der Waals surface area (Å²) in [4.78, 5) is 19.1. The van der Waals surface area contributed by atoms with E-state index >= 15 is 0 Å². The Hall–Kier alpha value is -1.85. The quantitative estimate of drug-likeness (QED) is 0.702. The van der Waals surface area contributed by atoms with Crippen molar-refractivity contribution in [3.05, 3.63) is 11.9 Å². The van der Waals surface area contributed by atoms with E-state index in [0.717, 1.165) is 6.42 Å². The number of carbonyl (C=O) groups is 1. The maximum atomic E-state index is 10.7. The van der Waals surface area contributed by atoms with Crippen LogP contribution < -0.4 is 10.1 Å². The molecule has 2 N–H and O–H groups in total. The van der Waals surface area contributed by atoms with Crippen molar-refractivity contribution in [1.29, 1.82) is 0 Å². The van der Waals surface area contributed by atoms with Crippen LogP contribution in [-0.2, 0) is 4.79 Å². The molecule has 19 heavy (non-hydrogen) atoms. The Balaban J connectivity index is 2.42. The van der Waals surface area contributed by atoms with E-state index in [4.69, 9.17) is 9.84 Å². The molecule has 1 unspecified atom stereocenters. The van der Waals surface area contributed by atoms with E-state index in [1.165, 1.54) is 0 Å². The van der Waals surface area contributed by atoms with Gasteiger partial charge in [-0.05, 0) is 26.7 Å².